The summed E-state index contributed by atoms with van der Waals surface area (Å²) in [5.41, 5.74) is 7.08. The zero-order valence-corrected chi connectivity index (χ0v) is 11.8. The zero-order chi connectivity index (χ0) is 14.5. The van der Waals surface area contributed by atoms with Crippen molar-refractivity contribution in [1.29, 1.82) is 0 Å². The summed E-state index contributed by atoms with van der Waals surface area (Å²) in [6.45, 7) is 2.52. The van der Waals surface area contributed by atoms with E-state index in [0.29, 0.717) is 22.9 Å². The van der Waals surface area contributed by atoms with Crippen LogP contribution in [0.5, 0.6) is 5.75 Å². The van der Waals surface area contributed by atoms with Crippen molar-refractivity contribution in [2.24, 2.45) is 0 Å². The molecule has 3 N–H and O–H groups in total. The minimum atomic E-state index is -0.297. The van der Waals surface area contributed by atoms with Crippen LogP contribution >= 0.6 is 11.6 Å². The van der Waals surface area contributed by atoms with Crippen LogP contribution in [-0.2, 0) is 0 Å². The Bertz CT molecular complexity index is 612. The van der Waals surface area contributed by atoms with Crippen LogP contribution in [0.1, 0.15) is 17.3 Å². The smallest absolute Gasteiger partial charge is 0.257 e. The van der Waals surface area contributed by atoms with Gasteiger partial charge in [-0.25, -0.2) is 0 Å². The second-order valence-electron chi connectivity index (χ2n) is 4.11. The molecule has 2 rings (SSSR count). The van der Waals surface area contributed by atoms with Crippen LogP contribution in [0.4, 0.5) is 11.4 Å². The van der Waals surface area contributed by atoms with E-state index in [-0.39, 0.29) is 11.6 Å². The normalized spacial score (nSPS) is 10.1. The van der Waals surface area contributed by atoms with Crippen molar-refractivity contribution < 1.29 is 9.53 Å². The van der Waals surface area contributed by atoms with Crippen molar-refractivity contribution in [2.75, 3.05) is 17.7 Å². The van der Waals surface area contributed by atoms with E-state index in [1.807, 2.05) is 6.92 Å². The average molecular weight is 291 g/mol. The monoisotopic (exact) mass is 290 g/mol. The molecule has 0 heterocycles. The summed E-state index contributed by atoms with van der Waals surface area (Å²) in [5, 5.41) is 3.13. The van der Waals surface area contributed by atoms with Gasteiger partial charge in [-0.1, -0.05) is 17.7 Å². The van der Waals surface area contributed by atoms with Crippen molar-refractivity contribution in [3.8, 4) is 5.75 Å². The largest absolute Gasteiger partial charge is 0.494 e. The number of carbonyl (C=O) groups is 1. The van der Waals surface area contributed by atoms with Gasteiger partial charge in [0.15, 0.2) is 0 Å². The van der Waals surface area contributed by atoms with Gasteiger partial charge in [0.25, 0.3) is 5.91 Å². The van der Waals surface area contributed by atoms with E-state index < -0.39 is 0 Å². The second kappa shape index (κ2) is 6.30. The summed E-state index contributed by atoms with van der Waals surface area (Å²) >= 11 is 5.89. The van der Waals surface area contributed by atoms with Gasteiger partial charge in [0.2, 0.25) is 0 Å². The zero-order valence-electron chi connectivity index (χ0n) is 11.0. The maximum Gasteiger partial charge on any atom is 0.257 e. The number of rotatable bonds is 4. The maximum absolute atomic E-state index is 12.1. The number of amides is 1. The Morgan fingerprint density at radius 3 is 2.60 bits per heavy atom. The molecule has 20 heavy (non-hydrogen) atoms. The lowest BCUT2D eigenvalue weighted by Crippen LogP contribution is -2.14. The quantitative estimate of drug-likeness (QED) is 0.846. The fourth-order valence-corrected chi connectivity index (χ4v) is 1.91. The third-order valence-corrected chi connectivity index (χ3v) is 3.05. The molecule has 0 radical (unpaired) electrons. The first-order valence-corrected chi connectivity index (χ1v) is 6.58. The number of ether oxygens (including phenoxy) is 1. The Balaban J connectivity index is 2.13. The molecular formula is C15H15ClN2O2. The molecule has 0 aliphatic carbocycles. The highest BCUT2D eigenvalue weighted by molar-refractivity contribution is 6.34. The SMILES string of the molecule is CCOc1ccc(NC(=O)c2cccc(Cl)c2N)cc1. The molecule has 5 heteroatoms. The topological polar surface area (TPSA) is 64.3 Å². The van der Waals surface area contributed by atoms with Gasteiger partial charge < -0.3 is 15.8 Å². The van der Waals surface area contributed by atoms with E-state index in [2.05, 4.69) is 5.32 Å². The number of halogens is 1. The molecule has 0 aromatic heterocycles. The lowest BCUT2D eigenvalue weighted by molar-refractivity contribution is 0.102. The second-order valence-corrected chi connectivity index (χ2v) is 4.52. The highest BCUT2D eigenvalue weighted by Crippen LogP contribution is 2.23. The maximum atomic E-state index is 12.1. The standard InChI is InChI=1S/C15H15ClN2O2/c1-2-20-11-8-6-10(7-9-11)18-15(19)12-4-3-5-13(16)14(12)17/h3-9H,2,17H2,1H3,(H,18,19). The Hall–Kier alpha value is -2.20. The number of hydrogen-bond donors (Lipinski definition) is 2. The molecule has 0 saturated heterocycles. The number of para-hydroxylation sites is 1. The van der Waals surface area contributed by atoms with E-state index in [4.69, 9.17) is 22.1 Å². The average Bonchev–Trinajstić information content (AvgIpc) is 2.44. The van der Waals surface area contributed by atoms with Crippen molar-refractivity contribution >= 4 is 28.9 Å². The number of nitrogens with two attached hydrogens (primary N) is 1. The van der Waals surface area contributed by atoms with Gasteiger partial charge in [0, 0.05) is 5.69 Å². The van der Waals surface area contributed by atoms with Gasteiger partial charge in [-0.3, -0.25) is 4.79 Å². The molecule has 0 aliphatic rings. The van der Waals surface area contributed by atoms with E-state index in [9.17, 15) is 4.79 Å². The predicted molar refractivity (Wildman–Crippen MR) is 81.4 cm³/mol. The summed E-state index contributed by atoms with van der Waals surface area (Å²) in [5.74, 6) is 0.460. The fourth-order valence-electron chi connectivity index (χ4n) is 1.73. The van der Waals surface area contributed by atoms with Crippen LogP contribution in [0.15, 0.2) is 42.5 Å². The molecule has 104 valence electrons. The van der Waals surface area contributed by atoms with E-state index in [0.717, 1.165) is 5.75 Å². The number of nitrogen functional groups attached to an aromatic ring is 1. The first-order valence-electron chi connectivity index (χ1n) is 6.20. The number of hydrogen-bond acceptors (Lipinski definition) is 3. The summed E-state index contributed by atoms with van der Waals surface area (Å²) < 4.78 is 5.34. The lowest BCUT2D eigenvalue weighted by atomic mass is 10.1. The molecule has 0 aliphatic heterocycles. The van der Waals surface area contributed by atoms with Crippen LogP contribution in [0, 0.1) is 0 Å². The minimum absolute atomic E-state index is 0.276. The molecule has 2 aromatic carbocycles. The Morgan fingerprint density at radius 1 is 1.25 bits per heavy atom. The third kappa shape index (κ3) is 3.22. The van der Waals surface area contributed by atoms with Gasteiger partial charge >= 0.3 is 0 Å². The molecule has 2 aromatic rings. The summed E-state index contributed by atoms with van der Waals surface area (Å²) in [6, 6.07) is 12.1. The van der Waals surface area contributed by atoms with E-state index in [1.54, 1.807) is 42.5 Å². The molecule has 0 spiro atoms. The van der Waals surface area contributed by atoms with Crippen LogP contribution in [0.25, 0.3) is 0 Å². The molecule has 0 bridgehead atoms. The first-order chi connectivity index (χ1) is 9.61. The van der Waals surface area contributed by atoms with Crippen LogP contribution in [0.2, 0.25) is 5.02 Å². The number of benzene rings is 2. The number of carbonyl (C=O) groups excluding carboxylic acids is 1. The Labute approximate surface area is 122 Å². The van der Waals surface area contributed by atoms with Crippen molar-refractivity contribution in [2.45, 2.75) is 6.92 Å². The van der Waals surface area contributed by atoms with E-state index >= 15 is 0 Å². The summed E-state index contributed by atoms with van der Waals surface area (Å²) in [4.78, 5) is 12.1. The van der Waals surface area contributed by atoms with Crippen LogP contribution in [-0.4, -0.2) is 12.5 Å². The Morgan fingerprint density at radius 2 is 1.95 bits per heavy atom. The van der Waals surface area contributed by atoms with E-state index in [1.165, 1.54) is 0 Å². The molecular weight excluding hydrogens is 276 g/mol. The van der Waals surface area contributed by atoms with Gasteiger partial charge in [0.05, 0.1) is 22.9 Å². The van der Waals surface area contributed by atoms with Crippen molar-refractivity contribution in [3.63, 3.8) is 0 Å². The fraction of sp³-hybridized carbons (Fsp3) is 0.133. The van der Waals surface area contributed by atoms with Crippen LogP contribution < -0.4 is 15.8 Å². The molecule has 0 saturated carbocycles. The highest BCUT2D eigenvalue weighted by atomic mass is 35.5. The summed E-state index contributed by atoms with van der Waals surface area (Å²) in [6.07, 6.45) is 0. The minimum Gasteiger partial charge on any atom is -0.494 e. The van der Waals surface area contributed by atoms with Crippen molar-refractivity contribution in [3.05, 3.63) is 53.1 Å². The molecule has 4 nitrogen and oxygen atoms in total. The van der Waals surface area contributed by atoms with Crippen LogP contribution in [0.3, 0.4) is 0 Å². The van der Waals surface area contributed by atoms with Crippen molar-refractivity contribution in [1.82, 2.24) is 0 Å². The lowest BCUT2D eigenvalue weighted by Gasteiger charge is -2.09. The van der Waals surface area contributed by atoms with Gasteiger partial charge in [0.1, 0.15) is 5.75 Å². The number of nitrogens with one attached hydrogen (secondary N) is 1. The highest BCUT2D eigenvalue weighted by Gasteiger charge is 2.11. The predicted octanol–water partition coefficient (Wildman–Crippen LogP) is 3.57. The molecule has 0 atom stereocenters. The van der Waals surface area contributed by atoms with Gasteiger partial charge in [-0.15, -0.1) is 0 Å². The molecule has 0 unspecified atom stereocenters. The van der Waals surface area contributed by atoms with Gasteiger partial charge in [-0.05, 0) is 43.3 Å². The Kier molecular flexibility index (Phi) is 4.48. The third-order valence-electron chi connectivity index (χ3n) is 2.72. The molecule has 1 amide bonds. The summed E-state index contributed by atoms with van der Waals surface area (Å²) in [7, 11) is 0. The number of anilines is 2. The first kappa shape index (κ1) is 14.2. The van der Waals surface area contributed by atoms with Gasteiger partial charge in [-0.2, -0.15) is 0 Å². The molecule has 0 fully saturated rings.